The van der Waals surface area contributed by atoms with Gasteiger partial charge in [0.2, 0.25) is 0 Å². The van der Waals surface area contributed by atoms with Gasteiger partial charge in [0, 0.05) is 6.04 Å². The summed E-state index contributed by atoms with van der Waals surface area (Å²) in [6, 6.07) is 9.08. The summed E-state index contributed by atoms with van der Waals surface area (Å²) in [7, 11) is 0. The molecule has 0 aromatic heterocycles. The predicted molar refractivity (Wildman–Crippen MR) is 76.3 cm³/mol. The third-order valence-electron chi connectivity index (χ3n) is 4.11. The van der Waals surface area contributed by atoms with Crippen LogP contribution in [-0.4, -0.2) is 23.7 Å². The molecule has 0 spiro atoms. The van der Waals surface area contributed by atoms with Crippen molar-refractivity contribution in [2.45, 2.75) is 45.6 Å². The van der Waals surface area contributed by atoms with E-state index in [1.165, 1.54) is 11.1 Å². The van der Waals surface area contributed by atoms with Gasteiger partial charge in [0.05, 0.1) is 5.41 Å². The van der Waals surface area contributed by atoms with E-state index in [4.69, 9.17) is 5.11 Å². The number of carboxylic acid groups (broad SMARTS) is 1. The lowest BCUT2D eigenvalue weighted by molar-refractivity contribution is -0.147. The van der Waals surface area contributed by atoms with Gasteiger partial charge in [-0.3, -0.25) is 4.79 Å². The van der Waals surface area contributed by atoms with Crippen LogP contribution in [0.4, 0.5) is 0 Å². The summed E-state index contributed by atoms with van der Waals surface area (Å²) in [5.74, 6) is -0.719. The molecule has 1 aromatic rings. The Morgan fingerprint density at radius 1 is 1.37 bits per heavy atom. The molecule has 1 unspecified atom stereocenters. The van der Waals surface area contributed by atoms with Crippen LogP contribution < -0.4 is 5.32 Å². The molecule has 0 saturated heterocycles. The van der Waals surface area contributed by atoms with Gasteiger partial charge in [-0.15, -0.1) is 0 Å². The smallest absolute Gasteiger partial charge is 0.309 e. The molecule has 2 rings (SSSR count). The SMILES string of the molecule is CC(C)(CCNC1CCc2ccccc2C1)C(=O)O. The van der Waals surface area contributed by atoms with Crippen LogP contribution >= 0.6 is 0 Å². The number of carboxylic acids is 1. The molecule has 2 N–H and O–H groups in total. The van der Waals surface area contributed by atoms with Crippen LogP contribution in [0.2, 0.25) is 0 Å². The summed E-state index contributed by atoms with van der Waals surface area (Å²) in [4.78, 5) is 11.0. The molecule has 0 bridgehead atoms. The molecule has 0 radical (unpaired) electrons. The van der Waals surface area contributed by atoms with E-state index in [1.807, 2.05) is 0 Å². The van der Waals surface area contributed by atoms with Gasteiger partial charge in [0.15, 0.2) is 0 Å². The van der Waals surface area contributed by atoms with Crippen LogP contribution in [0.1, 0.15) is 37.8 Å². The second-order valence-corrected chi connectivity index (χ2v) is 6.10. The lowest BCUT2D eigenvalue weighted by atomic mass is 9.87. The number of fused-ring (bicyclic) bond motifs is 1. The standard InChI is InChI=1S/C16H23NO2/c1-16(2,15(18)19)9-10-17-14-8-7-12-5-3-4-6-13(12)11-14/h3-6,14,17H,7-11H2,1-2H3,(H,18,19). The first-order valence-corrected chi connectivity index (χ1v) is 7.02. The molecule has 3 heteroatoms. The second-order valence-electron chi connectivity index (χ2n) is 6.10. The van der Waals surface area contributed by atoms with Crippen LogP contribution in [0.3, 0.4) is 0 Å². The second kappa shape index (κ2) is 5.74. The summed E-state index contributed by atoms with van der Waals surface area (Å²) in [6.45, 7) is 4.34. The zero-order valence-electron chi connectivity index (χ0n) is 11.8. The highest BCUT2D eigenvalue weighted by atomic mass is 16.4. The number of nitrogens with one attached hydrogen (secondary N) is 1. The van der Waals surface area contributed by atoms with Crippen molar-refractivity contribution in [2.24, 2.45) is 5.41 Å². The third-order valence-corrected chi connectivity index (χ3v) is 4.11. The largest absolute Gasteiger partial charge is 0.481 e. The third kappa shape index (κ3) is 3.57. The van der Waals surface area contributed by atoms with Crippen LogP contribution in [0.5, 0.6) is 0 Å². The van der Waals surface area contributed by atoms with E-state index in [0.29, 0.717) is 12.5 Å². The molecular weight excluding hydrogens is 238 g/mol. The highest BCUT2D eigenvalue weighted by Crippen LogP contribution is 2.22. The van der Waals surface area contributed by atoms with E-state index in [9.17, 15) is 4.79 Å². The first-order valence-electron chi connectivity index (χ1n) is 7.02. The summed E-state index contributed by atoms with van der Waals surface area (Å²) in [5.41, 5.74) is 2.26. The fraction of sp³-hybridized carbons (Fsp3) is 0.562. The Morgan fingerprint density at radius 2 is 2.05 bits per heavy atom. The van der Waals surface area contributed by atoms with Gasteiger partial charge in [-0.25, -0.2) is 0 Å². The fourth-order valence-electron chi connectivity index (χ4n) is 2.57. The molecule has 0 amide bonds. The molecular formula is C16H23NO2. The quantitative estimate of drug-likeness (QED) is 0.856. The van der Waals surface area contributed by atoms with Gasteiger partial charge in [-0.2, -0.15) is 0 Å². The zero-order valence-corrected chi connectivity index (χ0v) is 11.8. The van der Waals surface area contributed by atoms with E-state index in [2.05, 4.69) is 29.6 Å². The molecule has 19 heavy (non-hydrogen) atoms. The van der Waals surface area contributed by atoms with Gasteiger partial charge in [-0.05, 0) is 57.2 Å². The average Bonchev–Trinajstić information content (AvgIpc) is 2.38. The van der Waals surface area contributed by atoms with Gasteiger partial charge in [-0.1, -0.05) is 24.3 Å². The topological polar surface area (TPSA) is 49.3 Å². The Bertz CT molecular complexity index is 454. The number of hydrogen-bond acceptors (Lipinski definition) is 2. The fourth-order valence-corrected chi connectivity index (χ4v) is 2.57. The number of hydrogen-bond donors (Lipinski definition) is 2. The van der Waals surface area contributed by atoms with Gasteiger partial charge < -0.3 is 10.4 Å². The number of carbonyl (C=O) groups is 1. The van der Waals surface area contributed by atoms with Crippen molar-refractivity contribution in [3.05, 3.63) is 35.4 Å². The molecule has 104 valence electrons. The molecule has 0 fully saturated rings. The Kier molecular flexibility index (Phi) is 4.25. The van der Waals surface area contributed by atoms with Crippen LogP contribution in [0.25, 0.3) is 0 Å². The normalized spacial score (nSPS) is 18.9. The number of aliphatic carboxylic acids is 1. The van der Waals surface area contributed by atoms with Crippen molar-refractivity contribution < 1.29 is 9.90 Å². The van der Waals surface area contributed by atoms with Gasteiger partial charge in [0.25, 0.3) is 0 Å². The minimum absolute atomic E-state index is 0.486. The molecule has 0 heterocycles. The van der Waals surface area contributed by atoms with Crippen LogP contribution in [0.15, 0.2) is 24.3 Å². The van der Waals surface area contributed by atoms with E-state index >= 15 is 0 Å². The maximum absolute atomic E-state index is 11.0. The Balaban J connectivity index is 1.82. The molecule has 1 atom stereocenters. The maximum Gasteiger partial charge on any atom is 0.309 e. The van der Waals surface area contributed by atoms with Crippen LogP contribution in [-0.2, 0) is 17.6 Å². The highest BCUT2D eigenvalue weighted by molar-refractivity contribution is 5.73. The summed E-state index contributed by atoms with van der Waals surface area (Å²) in [6.07, 6.45) is 3.99. The summed E-state index contributed by atoms with van der Waals surface area (Å²) >= 11 is 0. The Morgan fingerprint density at radius 3 is 2.74 bits per heavy atom. The van der Waals surface area contributed by atoms with E-state index in [1.54, 1.807) is 13.8 Å². The minimum Gasteiger partial charge on any atom is -0.481 e. The maximum atomic E-state index is 11.0. The van der Waals surface area contributed by atoms with E-state index < -0.39 is 11.4 Å². The van der Waals surface area contributed by atoms with Crippen LogP contribution in [0, 0.1) is 5.41 Å². The van der Waals surface area contributed by atoms with Gasteiger partial charge >= 0.3 is 5.97 Å². The molecule has 3 nitrogen and oxygen atoms in total. The number of aryl methyl sites for hydroxylation is 1. The lowest BCUT2D eigenvalue weighted by Gasteiger charge is -2.27. The molecule has 0 aliphatic heterocycles. The molecule has 1 aliphatic rings. The number of benzene rings is 1. The van der Waals surface area contributed by atoms with Crippen molar-refractivity contribution in [1.29, 1.82) is 0 Å². The van der Waals surface area contributed by atoms with E-state index in [-0.39, 0.29) is 0 Å². The average molecular weight is 261 g/mol. The van der Waals surface area contributed by atoms with Crippen molar-refractivity contribution in [2.75, 3.05) is 6.54 Å². The van der Waals surface area contributed by atoms with E-state index in [0.717, 1.165) is 25.8 Å². The van der Waals surface area contributed by atoms with Crippen molar-refractivity contribution in [1.82, 2.24) is 5.32 Å². The monoisotopic (exact) mass is 261 g/mol. The highest BCUT2D eigenvalue weighted by Gasteiger charge is 2.27. The summed E-state index contributed by atoms with van der Waals surface area (Å²) in [5, 5.41) is 12.6. The van der Waals surface area contributed by atoms with Crippen molar-refractivity contribution in [3.63, 3.8) is 0 Å². The van der Waals surface area contributed by atoms with Crippen molar-refractivity contribution >= 4 is 5.97 Å². The van der Waals surface area contributed by atoms with Gasteiger partial charge in [0.1, 0.15) is 0 Å². The number of rotatable bonds is 5. The predicted octanol–water partition coefficient (Wildman–Crippen LogP) is 2.63. The first kappa shape index (κ1) is 14.1. The Labute approximate surface area is 115 Å². The molecule has 1 aromatic carbocycles. The first-order chi connectivity index (χ1) is 8.99. The minimum atomic E-state index is -0.719. The Hall–Kier alpha value is -1.35. The molecule has 0 saturated carbocycles. The zero-order chi connectivity index (χ0) is 13.9. The summed E-state index contributed by atoms with van der Waals surface area (Å²) < 4.78 is 0. The molecule has 1 aliphatic carbocycles. The lowest BCUT2D eigenvalue weighted by Crippen LogP contribution is -2.37. The van der Waals surface area contributed by atoms with Crippen molar-refractivity contribution in [3.8, 4) is 0 Å².